The van der Waals surface area contributed by atoms with Gasteiger partial charge in [0.15, 0.2) is 0 Å². The van der Waals surface area contributed by atoms with E-state index in [0.29, 0.717) is 0 Å². The highest BCUT2D eigenvalue weighted by molar-refractivity contribution is 4.64. The molecule has 0 aliphatic carbocycles. The van der Waals surface area contributed by atoms with Crippen molar-refractivity contribution in [1.82, 2.24) is 0 Å². The molecule has 0 aromatic carbocycles. The van der Waals surface area contributed by atoms with Crippen molar-refractivity contribution in [1.29, 1.82) is 0 Å². The molecule has 0 aromatic rings. The first-order valence-corrected chi connectivity index (χ1v) is 2.68. The van der Waals surface area contributed by atoms with Gasteiger partial charge in [-0.1, -0.05) is 13.3 Å². The minimum Gasteiger partial charge on any atom is -0.404 e. The summed E-state index contributed by atoms with van der Waals surface area (Å²) in [6.07, 6.45) is 7.82. The van der Waals surface area contributed by atoms with Crippen LogP contribution in [0.1, 0.15) is 26.2 Å². The summed E-state index contributed by atoms with van der Waals surface area (Å²) in [5, 5.41) is 0. The lowest BCUT2D eigenvalue weighted by atomic mass is 10.2. The zero-order valence-electron chi connectivity index (χ0n) is 4.78. The van der Waals surface area contributed by atoms with Gasteiger partial charge in [-0.15, -0.1) is 0 Å². The standard InChI is InChI=1S/C6H12N/c1-2-3-4-5-6-7/h6H,2-4,7H2,1H3. The summed E-state index contributed by atoms with van der Waals surface area (Å²) in [4.78, 5) is 0. The summed E-state index contributed by atoms with van der Waals surface area (Å²) >= 11 is 0. The van der Waals surface area contributed by atoms with Gasteiger partial charge in [-0.2, -0.15) is 0 Å². The highest BCUT2D eigenvalue weighted by atomic mass is 14.5. The van der Waals surface area contributed by atoms with Crippen molar-refractivity contribution in [3.8, 4) is 0 Å². The molecule has 7 heavy (non-hydrogen) atoms. The summed E-state index contributed by atoms with van der Waals surface area (Å²) in [7, 11) is 0. The van der Waals surface area contributed by atoms with Gasteiger partial charge in [-0.3, -0.25) is 0 Å². The fraction of sp³-hybridized carbons (Fsp3) is 0.667. The predicted molar refractivity (Wildman–Crippen MR) is 31.5 cm³/mol. The number of rotatable bonds is 3. The molecule has 0 rings (SSSR count). The molecule has 41 valence electrons. The first-order valence-electron chi connectivity index (χ1n) is 2.68. The molecule has 0 atom stereocenters. The minimum atomic E-state index is 1.01. The van der Waals surface area contributed by atoms with Crippen LogP contribution in [0.15, 0.2) is 6.20 Å². The number of hydrogen-bond donors (Lipinski definition) is 1. The number of allylic oxidation sites excluding steroid dienone is 1. The molecular weight excluding hydrogens is 86.1 g/mol. The zero-order valence-corrected chi connectivity index (χ0v) is 4.78. The van der Waals surface area contributed by atoms with E-state index in [1.165, 1.54) is 19.0 Å². The summed E-state index contributed by atoms with van der Waals surface area (Å²) in [6.45, 7) is 2.15. The lowest BCUT2D eigenvalue weighted by Gasteiger charge is -1.82. The SMILES string of the molecule is CCCC[C]=CN. The second-order valence-corrected chi connectivity index (χ2v) is 1.47. The van der Waals surface area contributed by atoms with Gasteiger partial charge in [0.05, 0.1) is 0 Å². The van der Waals surface area contributed by atoms with Crippen LogP contribution in [0.2, 0.25) is 0 Å². The van der Waals surface area contributed by atoms with Gasteiger partial charge in [-0.25, -0.2) is 0 Å². The maximum absolute atomic E-state index is 5.03. The molecule has 0 aromatic heterocycles. The van der Waals surface area contributed by atoms with Crippen LogP contribution in [-0.2, 0) is 0 Å². The minimum absolute atomic E-state index is 1.01. The predicted octanol–water partition coefficient (Wildman–Crippen LogP) is 1.45. The Labute approximate surface area is 45.2 Å². The van der Waals surface area contributed by atoms with Crippen LogP contribution < -0.4 is 5.73 Å². The molecular formula is C6H12N. The quantitative estimate of drug-likeness (QED) is 0.531. The molecule has 1 nitrogen and oxygen atoms in total. The first-order chi connectivity index (χ1) is 3.41. The molecule has 0 saturated heterocycles. The molecule has 0 heterocycles. The highest BCUT2D eigenvalue weighted by Gasteiger charge is 1.74. The smallest absolute Gasteiger partial charge is 0.00264 e. The van der Waals surface area contributed by atoms with E-state index in [-0.39, 0.29) is 0 Å². The van der Waals surface area contributed by atoms with Gasteiger partial charge in [0.1, 0.15) is 0 Å². The molecule has 0 unspecified atom stereocenters. The Kier molecular flexibility index (Phi) is 5.18. The van der Waals surface area contributed by atoms with Gasteiger partial charge in [0, 0.05) is 0 Å². The van der Waals surface area contributed by atoms with E-state index in [2.05, 4.69) is 13.0 Å². The third-order valence-electron chi connectivity index (χ3n) is 0.793. The van der Waals surface area contributed by atoms with E-state index in [4.69, 9.17) is 5.73 Å². The van der Waals surface area contributed by atoms with Crippen LogP contribution in [0.3, 0.4) is 0 Å². The lowest BCUT2D eigenvalue weighted by molar-refractivity contribution is 0.803. The Morgan fingerprint density at radius 3 is 2.86 bits per heavy atom. The van der Waals surface area contributed by atoms with Crippen LogP contribution >= 0.6 is 0 Å². The van der Waals surface area contributed by atoms with E-state index in [9.17, 15) is 0 Å². The monoisotopic (exact) mass is 98.1 g/mol. The van der Waals surface area contributed by atoms with Gasteiger partial charge < -0.3 is 5.73 Å². The topological polar surface area (TPSA) is 26.0 Å². The molecule has 0 spiro atoms. The van der Waals surface area contributed by atoms with Gasteiger partial charge in [0.25, 0.3) is 0 Å². The van der Waals surface area contributed by atoms with Crippen molar-refractivity contribution in [3.05, 3.63) is 12.3 Å². The van der Waals surface area contributed by atoms with Crippen LogP contribution in [0.25, 0.3) is 0 Å². The van der Waals surface area contributed by atoms with E-state index in [1.807, 2.05) is 0 Å². The van der Waals surface area contributed by atoms with Crippen molar-refractivity contribution in [3.63, 3.8) is 0 Å². The van der Waals surface area contributed by atoms with E-state index >= 15 is 0 Å². The Bertz CT molecular complexity index is 48.1. The van der Waals surface area contributed by atoms with Gasteiger partial charge >= 0.3 is 0 Å². The molecule has 0 bridgehead atoms. The fourth-order valence-electron chi connectivity index (χ4n) is 0.362. The number of hydrogen-bond acceptors (Lipinski definition) is 1. The summed E-state index contributed by atoms with van der Waals surface area (Å²) in [6, 6.07) is 0. The molecule has 2 N–H and O–H groups in total. The summed E-state index contributed by atoms with van der Waals surface area (Å²) in [5.41, 5.74) is 5.03. The van der Waals surface area contributed by atoms with E-state index in [1.54, 1.807) is 0 Å². The Morgan fingerprint density at radius 1 is 1.71 bits per heavy atom. The van der Waals surface area contributed by atoms with Crippen LogP contribution in [0, 0.1) is 6.08 Å². The van der Waals surface area contributed by atoms with E-state index < -0.39 is 0 Å². The lowest BCUT2D eigenvalue weighted by Crippen LogP contribution is -1.76. The number of unbranched alkanes of at least 4 members (excludes halogenated alkanes) is 2. The number of nitrogens with two attached hydrogens (primary N) is 1. The zero-order chi connectivity index (χ0) is 5.54. The second kappa shape index (κ2) is 5.54. The average molecular weight is 98.2 g/mol. The molecule has 1 radical (unpaired) electrons. The fourth-order valence-corrected chi connectivity index (χ4v) is 0.362. The van der Waals surface area contributed by atoms with Crippen molar-refractivity contribution < 1.29 is 0 Å². The summed E-state index contributed by atoms with van der Waals surface area (Å²) in [5.74, 6) is 0. The molecule has 1 heteroatoms. The molecule has 0 aliphatic rings. The maximum atomic E-state index is 5.03. The van der Waals surface area contributed by atoms with Crippen LogP contribution in [-0.4, -0.2) is 0 Å². The Hall–Kier alpha value is -0.460. The van der Waals surface area contributed by atoms with Gasteiger partial charge in [0.2, 0.25) is 0 Å². The Morgan fingerprint density at radius 2 is 2.43 bits per heavy atom. The first kappa shape index (κ1) is 6.54. The van der Waals surface area contributed by atoms with E-state index in [0.717, 1.165) is 6.42 Å². The summed E-state index contributed by atoms with van der Waals surface area (Å²) < 4.78 is 0. The molecule has 0 amide bonds. The molecule has 0 saturated carbocycles. The van der Waals surface area contributed by atoms with Crippen LogP contribution in [0.4, 0.5) is 0 Å². The largest absolute Gasteiger partial charge is 0.404 e. The third kappa shape index (κ3) is 5.54. The van der Waals surface area contributed by atoms with Crippen molar-refractivity contribution in [2.24, 2.45) is 5.73 Å². The second-order valence-electron chi connectivity index (χ2n) is 1.47. The van der Waals surface area contributed by atoms with Crippen molar-refractivity contribution in [2.75, 3.05) is 0 Å². The van der Waals surface area contributed by atoms with Crippen molar-refractivity contribution in [2.45, 2.75) is 26.2 Å². The maximum Gasteiger partial charge on any atom is -0.00264 e. The van der Waals surface area contributed by atoms with Crippen molar-refractivity contribution >= 4 is 0 Å². The highest BCUT2D eigenvalue weighted by Crippen LogP contribution is 1.91. The molecule has 0 fully saturated rings. The molecule has 0 aliphatic heterocycles. The third-order valence-corrected chi connectivity index (χ3v) is 0.793. The van der Waals surface area contributed by atoms with Crippen LogP contribution in [0.5, 0.6) is 0 Å². The Balaban J connectivity index is 2.69. The average Bonchev–Trinajstić information content (AvgIpc) is 1.69. The normalized spacial score (nSPS) is 10.4. The van der Waals surface area contributed by atoms with Gasteiger partial charge in [-0.05, 0) is 25.1 Å².